The summed E-state index contributed by atoms with van der Waals surface area (Å²) in [6.07, 6.45) is 2.25. The molecule has 1 aliphatic rings. The number of rotatable bonds is 7. The fourth-order valence-corrected chi connectivity index (χ4v) is 2.37. The van der Waals surface area contributed by atoms with Crippen LogP contribution in [-0.4, -0.2) is 54.4 Å². The van der Waals surface area contributed by atoms with Gasteiger partial charge in [0.1, 0.15) is 6.04 Å². The van der Waals surface area contributed by atoms with Crippen LogP contribution < -0.4 is 5.32 Å². The smallest absolute Gasteiger partial charge is 0.326 e. The molecule has 0 aromatic rings. The lowest BCUT2D eigenvalue weighted by atomic mass is 9.87. The van der Waals surface area contributed by atoms with Gasteiger partial charge < -0.3 is 20.1 Å². The highest BCUT2D eigenvalue weighted by Gasteiger charge is 2.37. The summed E-state index contributed by atoms with van der Waals surface area (Å²) in [7, 11) is 1.59. The van der Waals surface area contributed by atoms with Crippen LogP contribution in [0.25, 0.3) is 0 Å². The topological polar surface area (TPSA) is 78.9 Å². The lowest BCUT2D eigenvalue weighted by molar-refractivity contribution is -0.142. The maximum atomic E-state index is 12.5. The number of urea groups is 1. The van der Waals surface area contributed by atoms with Crippen LogP contribution in [0.5, 0.6) is 0 Å². The van der Waals surface area contributed by atoms with Crippen LogP contribution in [0.3, 0.4) is 0 Å². The van der Waals surface area contributed by atoms with Gasteiger partial charge >= 0.3 is 12.0 Å². The fourth-order valence-electron chi connectivity index (χ4n) is 2.37. The van der Waals surface area contributed by atoms with E-state index in [9.17, 15) is 14.7 Å². The van der Waals surface area contributed by atoms with Gasteiger partial charge in [0.2, 0.25) is 0 Å². The third-order valence-corrected chi connectivity index (χ3v) is 3.97. The van der Waals surface area contributed by atoms with E-state index in [0.29, 0.717) is 19.1 Å². The summed E-state index contributed by atoms with van der Waals surface area (Å²) in [5, 5.41) is 12.0. The standard InChI is InChI=1S/C15H28N2O4/c1-10(11-6-7-11)17(8-9-21-5)14(20)16-12(13(18)19)15(2,3)4/h10-12H,6-9H2,1-5H3,(H,16,20)(H,18,19)/t10?,12-/m0/s1. The first-order valence-corrected chi connectivity index (χ1v) is 7.47. The largest absolute Gasteiger partial charge is 0.480 e. The van der Waals surface area contributed by atoms with E-state index in [0.717, 1.165) is 12.8 Å². The first-order valence-electron chi connectivity index (χ1n) is 7.47. The number of nitrogens with zero attached hydrogens (tertiary/aromatic N) is 1. The minimum absolute atomic E-state index is 0.106. The second-order valence-electron chi connectivity index (χ2n) is 6.85. The molecule has 2 amide bonds. The molecule has 0 spiro atoms. The third-order valence-electron chi connectivity index (χ3n) is 3.97. The predicted octanol–water partition coefficient (Wildman–Crippen LogP) is 1.94. The Morgan fingerprint density at radius 3 is 2.33 bits per heavy atom. The van der Waals surface area contributed by atoms with Crippen LogP contribution in [-0.2, 0) is 9.53 Å². The summed E-state index contributed by atoms with van der Waals surface area (Å²) in [5.74, 6) is -0.493. The highest BCUT2D eigenvalue weighted by atomic mass is 16.5. The Bertz CT molecular complexity index is 374. The molecule has 0 aromatic carbocycles. The van der Waals surface area contributed by atoms with Gasteiger partial charge in [0.15, 0.2) is 0 Å². The molecular formula is C15H28N2O4. The number of ether oxygens (including phenoxy) is 1. The van der Waals surface area contributed by atoms with Crippen molar-refractivity contribution >= 4 is 12.0 Å². The Labute approximate surface area is 126 Å². The van der Waals surface area contributed by atoms with Gasteiger partial charge in [-0.2, -0.15) is 0 Å². The summed E-state index contributed by atoms with van der Waals surface area (Å²) in [6, 6.07) is -1.13. The fraction of sp³-hybridized carbons (Fsp3) is 0.867. The minimum Gasteiger partial charge on any atom is -0.480 e. The minimum atomic E-state index is -1.01. The van der Waals surface area contributed by atoms with Crippen LogP contribution in [0.4, 0.5) is 4.79 Å². The predicted molar refractivity (Wildman–Crippen MR) is 80.2 cm³/mol. The van der Waals surface area contributed by atoms with Crippen LogP contribution in [0.15, 0.2) is 0 Å². The first kappa shape index (κ1) is 17.8. The lowest BCUT2D eigenvalue weighted by Gasteiger charge is -2.34. The van der Waals surface area contributed by atoms with Crippen molar-refractivity contribution in [3.63, 3.8) is 0 Å². The average molecular weight is 300 g/mol. The molecule has 1 saturated carbocycles. The Morgan fingerprint density at radius 1 is 1.38 bits per heavy atom. The molecule has 2 N–H and O–H groups in total. The molecule has 1 aliphatic carbocycles. The maximum absolute atomic E-state index is 12.5. The van der Waals surface area contributed by atoms with E-state index in [4.69, 9.17) is 4.74 Å². The van der Waals surface area contributed by atoms with Gasteiger partial charge in [0.25, 0.3) is 0 Å². The SMILES string of the molecule is COCCN(C(=O)N[C@@H](C(=O)O)C(C)(C)C)C(C)C1CC1. The molecule has 1 unspecified atom stereocenters. The number of nitrogens with one attached hydrogen (secondary N) is 1. The quantitative estimate of drug-likeness (QED) is 0.753. The van der Waals surface area contributed by atoms with Gasteiger partial charge in [0.05, 0.1) is 6.61 Å². The van der Waals surface area contributed by atoms with Crippen molar-refractivity contribution in [1.82, 2.24) is 10.2 Å². The summed E-state index contributed by atoms with van der Waals surface area (Å²) in [5.41, 5.74) is -0.544. The van der Waals surface area contributed by atoms with Crippen molar-refractivity contribution in [2.24, 2.45) is 11.3 Å². The van der Waals surface area contributed by atoms with Crippen molar-refractivity contribution < 1.29 is 19.4 Å². The Morgan fingerprint density at radius 2 is 1.95 bits per heavy atom. The molecule has 0 saturated heterocycles. The first-order chi connectivity index (χ1) is 9.68. The van der Waals surface area contributed by atoms with E-state index in [-0.39, 0.29) is 12.1 Å². The van der Waals surface area contributed by atoms with Crippen molar-refractivity contribution in [2.45, 2.75) is 52.6 Å². The molecule has 0 bridgehead atoms. The summed E-state index contributed by atoms with van der Waals surface area (Å²) in [6.45, 7) is 8.33. The van der Waals surface area contributed by atoms with E-state index in [1.54, 1.807) is 32.8 Å². The Kier molecular flexibility index (Phi) is 6.01. The molecule has 6 nitrogen and oxygen atoms in total. The number of carbonyl (C=O) groups excluding carboxylic acids is 1. The molecule has 1 fully saturated rings. The number of aliphatic carboxylic acids is 1. The number of hydrogen-bond acceptors (Lipinski definition) is 3. The summed E-state index contributed by atoms with van der Waals surface area (Å²) in [4.78, 5) is 25.6. The monoisotopic (exact) mass is 300 g/mol. The highest BCUT2D eigenvalue weighted by molar-refractivity contribution is 5.83. The van der Waals surface area contributed by atoms with Crippen molar-refractivity contribution in [1.29, 1.82) is 0 Å². The molecule has 2 atom stereocenters. The van der Waals surface area contributed by atoms with Crippen LogP contribution in [0, 0.1) is 11.3 Å². The van der Waals surface area contributed by atoms with Gasteiger partial charge in [-0.15, -0.1) is 0 Å². The molecule has 1 rings (SSSR count). The van der Waals surface area contributed by atoms with E-state index >= 15 is 0 Å². The number of carboxylic acids is 1. The van der Waals surface area contributed by atoms with E-state index < -0.39 is 17.4 Å². The van der Waals surface area contributed by atoms with Crippen molar-refractivity contribution in [3.05, 3.63) is 0 Å². The summed E-state index contributed by atoms with van der Waals surface area (Å²) >= 11 is 0. The van der Waals surface area contributed by atoms with Gasteiger partial charge in [-0.1, -0.05) is 20.8 Å². The Balaban J connectivity index is 2.76. The normalized spacial score (nSPS) is 18.0. The number of carbonyl (C=O) groups is 2. The van der Waals surface area contributed by atoms with E-state index in [2.05, 4.69) is 5.32 Å². The molecule has 0 heterocycles. The maximum Gasteiger partial charge on any atom is 0.326 e. The van der Waals surface area contributed by atoms with Gasteiger partial charge in [-0.25, -0.2) is 9.59 Å². The second kappa shape index (κ2) is 7.11. The number of methoxy groups -OCH3 is 1. The number of hydrogen-bond donors (Lipinski definition) is 2. The third kappa shape index (κ3) is 5.19. The Hall–Kier alpha value is -1.30. The lowest BCUT2D eigenvalue weighted by Crippen LogP contribution is -2.55. The highest BCUT2D eigenvalue weighted by Crippen LogP contribution is 2.35. The molecule has 6 heteroatoms. The molecule has 0 aliphatic heterocycles. The van der Waals surface area contributed by atoms with Crippen LogP contribution in [0.2, 0.25) is 0 Å². The zero-order valence-electron chi connectivity index (χ0n) is 13.7. The molecule has 122 valence electrons. The van der Waals surface area contributed by atoms with Crippen LogP contribution >= 0.6 is 0 Å². The second-order valence-corrected chi connectivity index (χ2v) is 6.85. The molecule has 0 radical (unpaired) electrons. The summed E-state index contributed by atoms with van der Waals surface area (Å²) < 4.78 is 5.05. The van der Waals surface area contributed by atoms with E-state index in [1.807, 2.05) is 6.92 Å². The average Bonchev–Trinajstić information content (AvgIpc) is 3.18. The van der Waals surface area contributed by atoms with E-state index in [1.165, 1.54) is 0 Å². The zero-order valence-corrected chi connectivity index (χ0v) is 13.7. The molecule has 0 aromatic heterocycles. The number of carboxylic acid groups (broad SMARTS) is 1. The van der Waals surface area contributed by atoms with Gasteiger partial charge in [0, 0.05) is 19.7 Å². The molecular weight excluding hydrogens is 272 g/mol. The van der Waals surface area contributed by atoms with Crippen LogP contribution in [0.1, 0.15) is 40.5 Å². The zero-order chi connectivity index (χ0) is 16.2. The number of amides is 2. The van der Waals surface area contributed by atoms with Crippen molar-refractivity contribution in [3.8, 4) is 0 Å². The van der Waals surface area contributed by atoms with Crippen molar-refractivity contribution in [2.75, 3.05) is 20.3 Å². The van der Waals surface area contributed by atoms with Gasteiger partial charge in [-0.05, 0) is 31.1 Å². The molecule has 21 heavy (non-hydrogen) atoms. The van der Waals surface area contributed by atoms with Gasteiger partial charge in [-0.3, -0.25) is 0 Å².